The number of nitrogens with one attached hydrogen (secondary N) is 3. The van der Waals surface area contributed by atoms with Crippen molar-refractivity contribution in [3.8, 4) is 0 Å². The molecule has 0 radical (unpaired) electrons. The van der Waals surface area contributed by atoms with Crippen molar-refractivity contribution < 1.29 is 19.2 Å². The number of nitrogens with zero attached hydrogens (tertiary/aromatic N) is 5. The molecule has 4 heterocycles. The lowest BCUT2D eigenvalue weighted by atomic mass is 9.78. The maximum Gasteiger partial charge on any atom is 0.262 e. The van der Waals surface area contributed by atoms with Crippen LogP contribution in [0.25, 0.3) is 16.6 Å². The molecule has 3 fully saturated rings. The van der Waals surface area contributed by atoms with E-state index in [9.17, 15) is 19.2 Å². The summed E-state index contributed by atoms with van der Waals surface area (Å²) in [6.07, 6.45) is 9.36. The minimum Gasteiger partial charge on any atom is -0.404 e. The van der Waals surface area contributed by atoms with Crippen LogP contribution >= 0.6 is 0 Å². The highest BCUT2D eigenvalue weighted by Crippen LogP contribution is 2.34. The van der Waals surface area contributed by atoms with Gasteiger partial charge >= 0.3 is 0 Å². The lowest BCUT2D eigenvalue weighted by Gasteiger charge is -2.32. The predicted molar refractivity (Wildman–Crippen MR) is 183 cm³/mol. The molecule has 48 heavy (non-hydrogen) atoms. The van der Waals surface area contributed by atoms with E-state index in [1.165, 1.54) is 6.20 Å². The molecule has 0 bridgehead atoms. The van der Waals surface area contributed by atoms with Gasteiger partial charge in [0.05, 0.1) is 40.1 Å². The number of imide groups is 2. The van der Waals surface area contributed by atoms with E-state index in [1.807, 2.05) is 12.3 Å². The molecule has 248 valence electrons. The molecule has 1 aromatic heterocycles. The number of amides is 4. The number of carbonyl (C=O) groups excluding carboxylic acids is 4. The van der Waals surface area contributed by atoms with Crippen molar-refractivity contribution in [3.05, 3.63) is 65.6 Å². The zero-order chi connectivity index (χ0) is 33.2. The predicted octanol–water partition coefficient (Wildman–Crippen LogP) is 2.48. The van der Waals surface area contributed by atoms with Crippen LogP contribution in [0, 0.1) is 5.92 Å². The van der Waals surface area contributed by atoms with Crippen molar-refractivity contribution in [1.82, 2.24) is 25.5 Å². The van der Waals surface area contributed by atoms with E-state index in [2.05, 4.69) is 38.0 Å². The second-order valence-electron chi connectivity index (χ2n) is 12.8. The average molecular weight is 650 g/mol. The molecule has 4 aliphatic rings. The van der Waals surface area contributed by atoms with Gasteiger partial charge in [-0.25, -0.2) is 4.98 Å². The molecule has 13 nitrogen and oxygen atoms in total. The summed E-state index contributed by atoms with van der Waals surface area (Å²) in [6, 6.07) is 10.6. The summed E-state index contributed by atoms with van der Waals surface area (Å²) in [5.74, 6) is -1.43. The van der Waals surface area contributed by atoms with Crippen LogP contribution in [0.2, 0.25) is 0 Å². The van der Waals surface area contributed by atoms with E-state index in [-0.39, 0.29) is 30.0 Å². The topological polar surface area (TPSA) is 175 Å². The largest absolute Gasteiger partial charge is 0.404 e. The summed E-state index contributed by atoms with van der Waals surface area (Å²) in [5.41, 5.74) is 11.6. The summed E-state index contributed by atoms with van der Waals surface area (Å²) in [5, 5.41) is 8.96. The molecule has 1 unspecified atom stereocenters. The van der Waals surface area contributed by atoms with Crippen molar-refractivity contribution in [2.24, 2.45) is 16.6 Å². The number of nitrogens with two attached hydrogens (primary N) is 1. The van der Waals surface area contributed by atoms with E-state index in [4.69, 9.17) is 15.7 Å². The average Bonchev–Trinajstić information content (AvgIpc) is 3.33. The molecule has 1 atom stereocenters. The second kappa shape index (κ2) is 13.5. The standard InChI is InChI=1S/C35H39N9O4/c36-18-22(30-20-40-28-6-4-25(17-29(28)41-30)43-12-10-37-11-13-43)19-39-24-14-21(15-24)2-1-9-38-23-3-5-26-27(16-23)35(48)44(34(26)47)31-7-8-32(45)42-33(31)46/h3-6,16-21,24,31,37-38H,1-2,7-15,36H2,(H,42,45,46). The van der Waals surface area contributed by atoms with Gasteiger partial charge in [0.25, 0.3) is 11.8 Å². The fourth-order valence-corrected chi connectivity index (χ4v) is 6.90. The van der Waals surface area contributed by atoms with Crippen molar-refractivity contribution in [3.63, 3.8) is 0 Å². The van der Waals surface area contributed by atoms with Gasteiger partial charge < -0.3 is 21.3 Å². The number of aliphatic imine (C=N–C) groups is 1. The first kappa shape index (κ1) is 31.4. The van der Waals surface area contributed by atoms with Crippen LogP contribution in [0.1, 0.15) is 64.9 Å². The number of hydrogen-bond donors (Lipinski definition) is 4. The van der Waals surface area contributed by atoms with E-state index in [0.717, 1.165) is 91.3 Å². The van der Waals surface area contributed by atoms with Gasteiger partial charge in [0.1, 0.15) is 6.04 Å². The molecular weight excluding hydrogens is 610 g/mol. The van der Waals surface area contributed by atoms with Crippen LogP contribution in [0.15, 0.2) is 53.8 Å². The minimum atomic E-state index is -0.969. The Kier molecular flexibility index (Phi) is 8.85. The number of benzene rings is 2. The van der Waals surface area contributed by atoms with Crippen LogP contribution in [-0.2, 0) is 9.59 Å². The van der Waals surface area contributed by atoms with Crippen LogP contribution in [0.5, 0.6) is 0 Å². The van der Waals surface area contributed by atoms with Gasteiger partial charge in [-0.15, -0.1) is 0 Å². The van der Waals surface area contributed by atoms with E-state index >= 15 is 0 Å². The molecular formula is C35H39N9O4. The fourth-order valence-electron chi connectivity index (χ4n) is 6.90. The van der Waals surface area contributed by atoms with E-state index in [0.29, 0.717) is 11.6 Å². The van der Waals surface area contributed by atoms with Gasteiger partial charge in [0.15, 0.2) is 0 Å². The lowest BCUT2D eigenvalue weighted by Crippen LogP contribution is -2.54. The maximum absolute atomic E-state index is 13.1. The first-order chi connectivity index (χ1) is 23.4. The number of anilines is 2. The zero-order valence-corrected chi connectivity index (χ0v) is 26.7. The van der Waals surface area contributed by atoms with Gasteiger partial charge in [-0.05, 0) is 74.4 Å². The van der Waals surface area contributed by atoms with Gasteiger partial charge in [-0.2, -0.15) is 0 Å². The van der Waals surface area contributed by atoms with Crippen LogP contribution in [0.4, 0.5) is 11.4 Å². The number of piperidine rings is 1. The SMILES string of the molecule is NC=C(C=NC1CC(CCCNc2ccc3c(c2)C(=O)N(C2CCC(=O)NC2=O)C3=O)C1)c1cnc2ccc(N3CCNCC3)cc2n1. The van der Waals surface area contributed by atoms with Crippen LogP contribution < -0.4 is 26.6 Å². The molecule has 0 spiro atoms. The Bertz CT molecular complexity index is 1830. The number of fused-ring (bicyclic) bond motifs is 2. The molecule has 1 saturated carbocycles. The summed E-state index contributed by atoms with van der Waals surface area (Å²) < 4.78 is 0. The zero-order valence-electron chi connectivity index (χ0n) is 26.7. The highest BCUT2D eigenvalue weighted by Gasteiger charge is 2.44. The lowest BCUT2D eigenvalue weighted by molar-refractivity contribution is -0.136. The second-order valence-corrected chi connectivity index (χ2v) is 12.8. The van der Waals surface area contributed by atoms with Crippen molar-refractivity contribution in [2.75, 3.05) is 42.9 Å². The van der Waals surface area contributed by atoms with Gasteiger partial charge in [-0.3, -0.25) is 39.4 Å². The normalized spacial score (nSPS) is 23.1. The number of piperazine rings is 1. The Morgan fingerprint density at radius 1 is 1.02 bits per heavy atom. The van der Waals surface area contributed by atoms with E-state index < -0.39 is 29.7 Å². The third-order valence-corrected chi connectivity index (χ3v) is 9.68. The number of hydrogen-bond acceptors (Lipinski definition) is 11. The summed E-state index contributed by atoms with van der Waals surface area (Å²) in [6.45, 7) is 4.59. The molecule has 1 aliphatic carbocycles. The van der Waals surface area contributed by atoms with Crippen molar-refractivity contribution >= 4 is 57.8 Å². The molecule has 3 aromatic rings. The number of carbonyl (C=O) groups is 4. The summed E-state index contributed by atoms with van der Waals surface area (Å²) in [7, 11) is 0. The maximum atomic E-state index is 13.1. The number of aromatic nitrogens is 2. The Hall–Kier alpha value is -5.17. The number of allylic oxidation sites excluding steroid dienone is 1. The molecule has 3 aliphatic heterocycles. The van der Waals surface area contributed by atoms with Crippen molar-refractivity contribution in [1.29, 1.82) is 0 Å². The first-order valence-electron chi connectivity index (χ1n) is 16.7. The van der Waals surface area contributed by atoms with Crippen LogP contribution in [-0.4, -0.2) is 89.5 Å². The Morgan fingerprint density at radius 2 is 1.83 bits per heavy atom. The Morgan fingerprint density at radius 3 is 2.62 bits per heavy atom. The Labute approximate surface area is 278 Å². The van der Waals surface area contributed by atoms with Crippen molar-refractivity contribution in [2.45, 2.75) is 50.6 Å². The van der Waals surface area contributed by atoms with Crippen LogP contribution in [0.3, 0.4) is 0 Å². The van der Waals surface area contributed by atoms with Gasteiger partial charge in [0, 0.05) is 68.5 Å². The summed E-state index contributed by atoms with van der Waals surface area (Å²) in [4.78, 5) is 67.4. The number of rotatable bonds is 10. The fraction of sp³-hybridized carbons (Fsp3) is 0.400. The smallest absolute Gasteiger partial charge is 0.262 e. The summed E-state index contributed by atoms with van der Waals surface area (Å²) >= 11 is 0. The quantitative estimate of drug-likeness (QED) is 0.145. The minimum absolute atomic E-state index is 0.0926. The first-order valence-corrected chi connectivity index (χ1v) is 16.7. The molecule has 4 amide bonds. The third-order valence-electron chi connectivity index (χ3n) is 9.68. The molecule has 2 aromatic carbocycles. The highest BCUT2D eigenvalue weighted by molar-refractivity contribution is 6.23. The molecule has 13 heteroatoms. The molecule has 7 rings (SSSR count). The van der Waals surface area contributed by atoms with Gasteiger partial charge in [-0.1, -0.05) is 0 Å². The third kappa shape index (κ3) is 6.37. The monoisotopic (exact) mass is 649 g/mol. The molecule has 5 N–H and O–H groups in total. The Balaban J connectivity index is 0.871. The van der Waals surface area contributed by atoms with Gasteiger partial charge in [0.2, 0.25) is 11.8 Å². The van der Waals surface area contributed by atoms with E-state index in [1.54, 1.807) is 24.4 Å². The molecule has 2 saturated heterocycles. The highest BCUT2D eigenvalue weighted by atomic mass is 16.2.